The van der Waals surface area contributed by atoms with Crippen LogP contribution in [-0.4, -0.2) is 61.0 Å². The molecule has 3 N–H and O–H groups in total. The van der Waals surface area contributed by atoms with E-state index in [9.17, 15) is 9.59 Å². The van der Waals surface area contributed by atoms with Crippen LogP contribution < -0.4 is 23.0 Å². The largest absolute Gasteiger partial charge is 1.00 e. The van der Waals surface area contributed by atoms with Gasteiger partial charge in [0, 0.05) is 37.2 Å². The lowest BCUT2D eigenvalue weighted by Gasteiger charge is -2.48. The number of nitrogens with two attached hydrogens (primary N) is 1. The summed E-state index contributed by atoms with van der Waals surface area (Å²) in [6.07, 6.45) is 8.45. The molecule has 3 heterocycles. The quantitative estimate of drug-likeness (QED) is 0.539. The first-order chi connectivity index (χ1) is 19.0. The summed E-state index contributed by atoms with van der Waals surface area (Å²) >= 11 is 3.64. The third-order valence-corrected chi connectivity index (χ3v) is 10.7. The summed E-state index contributed by atoms with van der Waals surface area (Å²) in [5.74, 6) is 1.29. The molecule has 3 fully saturated rings. The summed E-state index contributed by atoms with van der Waals surface area (Å²) in [6, 6.07) is 17.6. The second kappa shape index (κ2) is 12.4. The maximum absolute atomic E-state index is 14.8. The van der Waals surface area contributed by atoms with Crippen LogP contribution in [0.1, 0.15) is 67.6 Å². The Kier molecular flexibility index (Phi) is 9.13. The lowest BCUT2D eigenvalue weighted by atomic mass is 9.67. The lowest BCUT2D eigenvalue weighted by molar-refractivity contribution is -0.640. The maximum atomic E-state index is 14.8. The normalized spacial score (nSPS) is 28.6. The maximum Gasteiger partial charge on any atom is 0.317 e. The van der Waals surface area contributed by atoms with Gasteiger partial charge in [0.25, 0.3) is 0 Å². The number of piperidine rings is 1. The van der Waals surface area contributed by atoms with Crippen LogP contribution in [0.15, 0.2) is 53.0 Å². The highest BCUT2D eigenvalue weighted by molar-refractivity contribution is 9.10. The highest BCUT2D eigenvalue weighted by atomic mass is 79.9. The number of hydrogen-bond donors (Lipinski definition) is 2. The summed E-state index contributed by atoms with van der Waals surface area (Å²) in [7, 11) is 1.69. The SMILES string of the molecule is CNC(=O)N1Cc2cc(Br)ccc2[C@@]2(C[NH2+]CC2C(=O)N2CC[C@@H](c3ccccc3)C[C@H]2C2CCCCC2)C1.[Cl-]. The molecule has 3 amide bonds. The van der Waals surface area contributed by atoms with E-state index in [1.807, 2.05) is 4.90 Å². The minimum atomic E-state index is -0.370. The van der Waals surface area contributed by atoms with Crippen molar-refractivity contribution in [3.8, 4) is 0 Å². The molecule has 4 atom stereocenters. The van der Waals surface area contributed by atoms with Crippen LogP contribution in [0.3, 0.4) is 0 Å². The van der Waals surface area contributed by atoms with Crippen LogP contribution in [0.25, 0.3) is 0 Å². The predicted octanol–water partition coefficient (Wildman–Crippen LogP) is 1.39. The molecule has 6 rings (SSSR count). The number of hydrogen-bond acceptors (Lipinski definition) is 2. The second-order valence-electron chi connectivity index (χ2n) is 12.3. The average molecular weight is 630 g/mol. The molecule has 1 spiro atoms. The topological polar surface area (TPSA) is 69.3 Å². The first kappa shape index (κ1) is 29.4. The molecule has 2 aromatic rings. The Morgan fingerprint density at radius 3 is 2.58 bits per heavy atom. The Hall–Kier alpha value is -2.09. The van der Waals surface area contributed by atoms with Gasteiger partial charge in [-0.1, -0.05) is 71.6 Å². The molecule has 1 unspecified atom stereocenters. The van der Waals surface area contributed by atoms with Gasteiger partial charge in [-0.3, -0.25) is 4.79 Å². The van der Waals surface area contributed by atoms with Gasteiger partial charge >= 0.3 is 6.03 Å². The Labute approximate surface area is 253 Å². The number of carbonyl (C=O) groups excluding carboxylic acids is 2. The third-order valence-electron chi connectivity index (χ3n) is 10.2. The number of nitrogens with zero attached hydrogens (tertiary/aromatic N) is 2. The molecule has 6 nitrogen and oxygen atoms in total. The van der Waals surface area contributed by atoms with Crippen molar-refractivity contribution in [3.05, 3.63) is 69.7 Å². The van der Waals surface area contributed by atoms with E-state index in [1.165, 1.54) is 43.2 Å². The van der Waals surface area contributed by atoms with Gasteiger partial charge < -0.3 is 32.8 Å². The molecule has 2 aromatic carbocycles. The minimum Gasteiger partial charge on any atom is -1.00 e. The zero-order valence-electron chi connectivity index (χ0n) is 23.5. The van der Waals surface area contributed by atoms with Crippen molar-refractivity contribution in [2.24, 2.45) is 11.8 Å². The Morgan fingerprint density at radius 2 is 1.82 bits per heavy atom. The summed E-state index contributed by atoms with van der Waals surface area (Å²) < 4.78 is 1.01. The van der Waals surface area contributed by atoms with Crippen molar-refractivity contribution >= 4 is 27.9 Å². The average Bonchev–Trinajstić information content (AvgIpc) is 3.40. The van der Waals surface area contributed by atoms with Crippen LogP contribution in [0.5, 0.6) is 0 Å². The van der Waals surface area contributed by atoms with Crippen LogP contribution in [0.2, 0.25) is 0 Å². The van der Waals surface area contributed by atoms with E-state index in [4.69, 9.17) is 0 Å². The molecular weight excluding hydrogens is 588 g/mol. The van der Waals surface area contributed by atoms with Crippen molar-refractivity contribution in [1.82, 2.24) is 15.1 Å². The molecule has 4 aliphatic rings. The molecule has 3 aliphatic heterocycles. The fourth-order valence-corrected chi connectivity index (χ4v) is 8.73. The highest BCUT2D eigenvalue weighted by Gasteiger charge is 2.57. The predicted molar refractivity (Wildman–Crippen MR) is 156 cm³/mol. The van der Waals surface area contributed by atoms with Crippen molar-refractivity contribution in [2.75, 3.05) is 33.2 Å². The number of benzene rings is 2. The Bertz CT molecular complexity index is 1210. The van der Waals surface area contributed by atoms with Crippen LogP contribution in [0.4, 0.5) is 4.79 Å². The molecule has 0 radical (unpaired) electrons. The van der Waals surface area contributed by atoms with Gasteiger partial charge in [0.15, 0.2) is 0 Å². The Balaban J connectivity index is 0.00000323. The van der Waals surface area contributed by atoms with E-state index in [1.54, 1.807) is 7.05 Å². The number of urea groups is 1. The van der Waals surface area contributed by atoms with Crippen molar-refractivity contribution < 1.29 is 27.3 Å². The smallest absolute Gasteiger partial charge is 0.317 e. The number of halogens is 2. The van der Waals surface area contributed by atoms with Crippen LogP contribution >= 0.6 is 15.9 Å². The third kappa shape index (κ3) is 5.41. The summed E-state index contributed by atoms with van der Waals surface area (Å²) in [5.41, 5.74) is 3.46. The van der Waals surface area contributed by atoms with E-state index >= 15 is 0 Å². The van der Waals surface area contributed by atoms with Crippen molar-refractivity contribution in [2.45, 2.75) is 68.9 Å². The first-order valence-electron chi connectivity index (χ1n) is 14.9. The fraction of sp³-hybridized carbons (Fsp3) is 0.562. The zero-order valence-corrected chi connectivity index (χ0v) is 25.8. The van der Waals surface area contributed by atoms with Gasteiger partial charge in [0.1, 0.15) is 5.92 Å². The van der Waals surface area contributed by atoms with Crippen LogP contribution in [0, 0.1) is 11.8 Å². The van der Waals surface area contributed by atoms with Gasteiger partial charge in [-0.05, 0) is 66.3 Å². The van der Waals surface area contributed by atoms with Crippen LogP contribution in [-0.2, 0) is 16.8 Å². The molecule has 0 aromatic heterocycles. The Morgan fingerprint density at radius 1 is 1.05 bits per heavy atom. The molecule has 40 heavy (non-hydrogen) atoms. The second-order valence-corrected chi connectivity index (χ2v) is 13.2. The minimum absolute atomic E-state index is 0. The molecule has 8 heteroatoms. The van der Waals surface area contributed by atoms with Gasteiger partial charge in [0.05, 0.1) is 18.5 Å². The zero-order chi connectivity index (χ0) is 27.0. The molecule has 1 aliphatic carbocycles. The molecular formula is C32H42BrClN4O2. The monoisotopic (exact) mass is 628 g/mol. The number of amides is 3. The molecule has 1 saturated carbocycles. The number of fused-ring (bicyclic) bond motifs is 2. The molecule has 0 bridgehead atoms. The summed E-state index contributed by atoms with van der Waals surface area (Å²) in [6.45, 7) is 3.61. The van der Waals surface area contributed by atoms with Gasteiger partial charge in [-0.15, -0.1) is 0 Å². The van der Waals surface area contributed by atoms with E-state index in [2.05, 4.69) is 80.0 Å². The highest BCUT2D eigenvalue weighted by Crippen LogP contribution is 2.45. The lowest BCUT2D eigenvalue weighted by Crippen LogP contribution is -3.00. The number of rotatable bonds is 3. The van der Waals surface area contributed by atoms with E-state index in [0.717, 1.165) is 42.5 Å². The van der Waals surface area contributed by atoms with E-state index in [0.29, 0.717) is 36.9 Å². The van der Waals surface area contributed by atoms with E-state index < -0.39 is 0 Å². The number of carbonyl (C=O) groups is 2. The number of nitrogens with one attached hydrogen (secondary N) is 1. The standard InChI is InChI=1S/C32H41BrN4O2.ClH/c1-34-31(39)36-19-25-16-26(33)12-13-27(25)32(21-36)20-35-18-28(32)30(38)37-15-14-24(22-8-4-2-5-9-22)17-29(37)23-10-6-3-7-11-23;/h2,4-5,8-9,12-13,16,23-24,28-29,35H,3,6-7,10-11,14-15,17-21H2,1H3,(H,34,39);1H/t24-,28?,29+,32-;/m1./s1. The summed E-state index contributed by atoms with van der Waals surface area (Å²) in [4.78, 5) is 31.9. The molecule has 2 saturated heterocycles. The van der Waals surface area contributed by atoms with Gasteiger partial charge in [0.2, 0.25) is 5.91 Å². The molecule has 216 valence electrons. The fourth-order valence-electron chi connectivity index (χ4n) is 8.32. The van der Waals surface area contributed by atoms with Crippen molar-refractivity contribution in [3.63, 3.8) is 0 Å². The van der Waals surface area contributed by atoms with Crippen molar-refractivity contribution in [1.29, 1.82) is 0 Å². The van der Waals surface area contributed by atoms with Gasteiger partial charge in [-0.25, -0.2) is 4.79 Å². The number of likely N-dealkylation sites (tertiary alicyclic amines) is 1. The summed E-state index contributed by atoms with van der Waals surface area (Å²) in [5, 5.41) is 5.15. The van der Waals surface area contributed by atoms with E-state index in [-0.39, 0.29) is 29.8 Å². The van der Waals surface area contributed by atoms with Gasteiger partial charge in [-0.2, -0.15) is 0 Å². The number of quaternary nitrogens is 1. The first-order valence-corrected chi connectivity index (χ1v) is 15.7.